The van der Waals surface area contributed by atoms with Crippen LogP contribution in [0.5, 0.6) is 0 Å². The number of amides is 2. The van der Waals surface area contributed by atoms with Crippen molar-refractivity contribution in [2.75, 3.05) is 31.1 Å². The smallest absolute Gasteiger partial charge is 0.317 e. The third-order valence-corrected chi connectivity index (χ3v) is 6.12. The van der Waals surface area contributed by atoms with Gasteiger partial charge in [-0.2, -0.15) is 0 Å². The number of carbonyl (C=O) groups excluding carboxylic acids is 1. The second-order valence-electron chi connectivity index (χ2n) is 6.91. The molecule has 0 saturated carbocycles. The maximum absolute atomic E-state index is 13.0. The lowest BCUT2D eigenvalue weighted by molar-refractivity contribution is 0.194. The van der Waals surface area contributed by atoms with Gasteiger partial charge in [-0.1, -0.05) is 36.5 Å². The summed E-state index contributed by atoms with van der Waals surface area (Å²) in [5.74, 6) is -0.271. The van der Waals surface area contributed by atoms with Crippen LogP contribution in [0.3, 0.4) is 0 Å². The van der Waals surface area contributed by atoms with Crippen LogP contribution < -0.4 is 10.2 Å². The van der Waals surface area contributed by atoms with Crippen molar-refractivity contribution in [2.24, 2.45) is 0 Å². The van der Waals surface area contributed by atoms with Gasteiger partial charge in [-0.15, -0.1) is 0 Å². The molecule has 0 radical (unpaired) electrons. The topological polar surface area (TPSA) is 48.5 Å². The Morgan fingerprint density at radius 1 is 1.11 bits per heavy atom. The van der Waals surface area contributed by atoms with Crippen LogP contribution in [0.1, 0.15) is 18.1 Å². The first-order valence-electron chi connectivity index (χ1n) is 9.54. The van der Waals surface area contributed by atoms with E-state index in [4.69, 9.17) is 4.98 Å². The zero-order valence-corrected chi connectivity index (χ0v) is 16.6. The van der Waals surface area contributed by atoms with E-state index in [2.05, 4.69) is 35.3 Å². The van der Waals surface area contributed by atoms with Crippen molar-refractivity contribution >= 4 is 32.7 Å². The van der Waals surface area contributed by atoms with E-state index in [0.717, 1.165) is 35.7 Å². The number of thiazole rings is 1. The summed E-state index contributed by atoms with van der Waals surface area (Å²) in [5, 5.41) is 3.93. The maximum atomic E-state index is 13.0. The second kappa shape index (κ2) is 8.14. The third-order valence-electron chi connectivity index (χ3n) is 5.04. The molecule has 2 amide bonds. The van der Waals surface area contributed by atoms with E-state index >= 15 is 0 Å². The van der Waals surface area contributed by atoms with Crippen LogP contribution in [-0.2, 0) is 13.0 Å². The lowest BCUT2D eigenvalue weighted by atomic mass is 10.2. The molecule has 4 rings (SSSR count). The summed E-state index contributed by atoms with van der Waals surface area (Å²) in [7, 11) is 0. The van der Waals surface area contributed by atoms with Crippen LogP contribution in [0.15, 0.2) is 42.5 Å². The van der Waals surface area contributed by atoms with Gasteiger partial charge in [0.25, 0.3) is 0 Å². The number of aryl methyl sites for hydroxylation is 1. The first-order chi connectivity index (χ1) is 13.6. The van der Waals surface area contributed by atoms with E-state index in [1.807, 2.05) is 4.90 Å². The van der Waals surface area contributed by atoms with Gasteiger partial charge >= 0.3 is 6.03 Å². The van der Waals surface area contributed by atoms with Gasteiger partial charge in [-0.25, -0.2) is 14.2 Å². The minimum atomic E-state index is -0.271. The average Bonchev–Trinajstić information content (AvgIpc) is 3.16. The molecule has 1 saturated heterocycles. The number of fused-ring (bicyclic) bond motifs is 1. The van der Waals surface area contributed by atoms with Gasteiger partial charge in [-0.3, -0.25) is 0 Å². The molecular formula is C21H23FN4OS. The highest BCUT2D eigenvalue weighted by molar-refractivity contribution is 7.22. The Morgan fingerprint density at radius 3 is 2.54 bits per heavy atom. The van der Waals surface area contributed by atoms with Crippen LogP contribution in [0.4, 0.5) is 14.3 Å². The van der Waals surface area contributed by atoms with Crippen LogP contribution >= 0.6 is 11.3 Å². The lowest BCUT2D eigenvalue weighted by Crippen LogP contribution is -2.51. The first-order valence-corrected chi connectivity index (χ1v) is 10.4. The standard InChI is InChI=1S/C21H23FN4OS/c1-2-15-5-8-18-19(13-15)28-21(24-18)26-11-9-25(10-12-26)20(27)23-14-16-3-6-17(22)7-4-16/h3-8,13H,2,9-12,14H2,1H3,(H,23,27). The molecule has 0 bridgehead atoms. The summed E-state index contributed by atoms with van der Waals surface area (Å²) in [4.78, 5) is 21.2. The molecule has 1 aromatic heterocycles. The Morgan fingerprint density at radius 2 is 1.82 bits per heavy atom. The number of aromatic nitrogens is 1. The van der Waals surface area contributed by atoms with Gasteiger partial charge in [0, 0.05) is 32.7 Å². The SMILES string of the molecule is CCc1ccc2nc(N3CCN(C(=O)NCc4ccc(F)cc4)CC3)sc2c1. The second-order valence-corrected chi connectivity index (χ2v) is 7.92. The number of anilines is 1. The van der Waals surface area contributed by atoms with Crippen LogP contribution in [0.25, 0.3) is 10.2 Å². The molecule has 1 N–H and O–H groups in total. The van der Waals surface area contributed by atoms with Crippen molar-refractivity contribution in [1.29, 1.82) is 0 Å². The molecule has 2 aromatic carbocycles. The Balaban J connectivity index is 1.32. The monoisotopic (exact) mass is 398 g/mol. The van der Waals surface area contributed by atoms with Gasteiger partial charge in [-0.05, 0) is 41.8 Å². The zero-order valence-electron chi connectivity index (χ0n) is 15.8. The number of benzene rings is 2. The molecule has 5 nitrogen and oxygen atoms in total. The van der Waals surface area contributed by atoms with Gasteiger partial charge < -0.3 is 15.1 Å². The fourth-order valence-corrected chi connectivity index (χ4v) is 4.39. The van der Waals surface area contributed by atoms with E-state index in [0.29, 0.717) is 19.6 Å². The maximum Gasteiger partial charge on any atom is 0.317 e. The Kier molecular flexibility index (Phi) is 5.43. The zero-order chi connectivity index (χ0) is 19.5. The van der Waals surface area contributed by atoms with E-state index < -0.39 is 0 Å². The summed E-state index contributed by atoms with van der Waals surface area (Å²) < 4.78 is 14.2. The number of halogens is 1. The summed E-state index contributed by atoms with van der Waals surface area (Å²) in [6.45, 7) is 5.41. The molecule has 7 heteroatoms. The number of nitrogens with zero attached hydrogens (tertiary/aromatic N) is 3. The van der Waals surface area contributed by atoms with E-state index in [-0.39, 0.29) is 11.8 Å². The van der Waals surface area contributed by atoms with Crippen molar-refractivity contribution in [3.8, 4) is 0 Å². The molecule has 1 aliphatic heterocycles. The molecule has 0 aliphatic carbocycles. The van der Waals surface area contributed by atoms with Gasteiger partial charge in [0.1, 0.15) is 5.82 Å². The molecule has 28 heavy (non-hydrogen) atoms. The molecule has 2 heterocycles. The molecule has 0 spiro atoms. The van der Waals surface area contributed by atoms with E-state index in [9.17, 15) is 9.18 Å². The highest BCUT2D eigenvalue weighted by atomic mass is 32.1. The number of carbonyl (C=O) groups is 1. The summed E-state index contributed by atoms with van der Waals surface area (Å²) in [5.41, 5.74) is 3.25. The van der Waals surface area contributed by atoms with Crippen molar-refractivity contribution in [3.05, 3.63) is 59.4 Å². The first kappa shape index (κ1) is 18.7. The number of hydrogen-bond acceptors (Lipinski definition) is 4. The normalized spacial score (nSPS) is 14.5. The molecule has 0 atom stereocenters. The van der Waals surface area contributed by atoms with Gasteiger partial charge in [0.15, 0.2) is 5.13 Å². The Bertz CT molecular complexity index is 964. The predicted octanol–water partition coefficient (Wildman–Crippen LogP) is 4.03. The quantitative estimate of drug-likeness (QED) is 0.722. The fourth-order valence-electron chi connectivity index (χ4n) is 3.30. The highest BCUT2D eigenvalue weighted by Gasteiger charge is 2.23. The number of urea groups is 1. The molecule has 0 unspecified atom stereocenters. The summed E-state index contributed by atoms with van der Waals surface area (Å²) >= 11 is 1.72. The minimum absolute atomic E-state index is 0.0825. The number of rotatable bonds is 4. The highest BCUT2D eigenvalue weighted by Crippen LogP contribution is 2.30. The van der Waals surface area contributed by atoms with Crippen LogP contribution in [0, 0.1) is 5.82 Å². The Labute approximate surface area is 167 Å². The van der Waals surface area contributed by atoms with Gasteiger partial charge in [0.2, 0.25) is 0 Å². The van der Waals surface area contributed by atoms with E-state index in [1.165, 1.54) is 22.4 Å². The Hall–Kier alpha value is -2.67. The van der Waals surface area contributed by atoms with Crippen LogP contribution in [0.2, 0.25) is 0 Å². The number of hydrogen-bond donors (Lipinski definition) is 1. The number of piperazine rings is 1. The van der Waals surface area contributed by atoms with Crippen molar-refractivity contribution in [2.45, 2.75) is 19.9 Å². The molecule has 3 aromatic rings. The molecule has 146 valence electrons. The molecular weight excluding hydrogens is 375 g/mol. The number of nitrogens with one attached hydrogen (secondary N) is 1. The minimum Gasteiger partial charge on any atom is -0.345 e. The van der Waals surface area contributed by atoms with E-state index in [1.54, 1.807) is 23.5 Å². The molecule has 1 aliphatic rings. The van der Waals surface area contributed by atoms with Crippen molar-refractivity contribution < 1.29 is 9.18 Å². The third kappa shape index (κ3) is 4.09. The summed E-state index contributed by atoms with van der Waals surface area (Å²) in [6.07, 6.45) is 1.02. The summed E-state index contributed by atoms with van der Waals surface area (Å²) in [6, 6.07) is 12.5. The lowest BCUT2D eigenvalue weighted by Gasteiger charge is -2.34. The largest absolute Gasteiger partial charge is 0.345 e. The fraction of sp³-hybridized carbons (Fsp3) is 0.333. The average molecular weight is 399 g/mol. The predicted molar refractivity (Wildman–Crippen MR) is 111 cm³/mol. The molecule has 1 fully saturated rings. The van der Waals surface area contributed by atoms with Crippen LogP contribution in [-0.4, -0.2) is 42.1 Å². The van der Waals surface area contributed by atoms with Crippen molar-refractivity contribution in [1.82, 2.24) is 15.2 Å². The van der Waals surface area contributed by atoms with Gasteiger partial charge in [0.05, 0.1) is 10.2 Å². The van der Waals surface area contributed by atoms with Crippen molar-refractivity contribution in [3.63, 3.8) is 0 Å².